The summed E-state index contributed by atoms with van der Waals surface area (Å²) in [6, 6.07) is 11.4. The van der Waals surface area contributed by atoms with Gasteiger partial charge >= 0.3 is 0 Å². The molecule has 1 aromatic carbocycles. The first-order valence-electron chi connectivity index (χ1n) is 6.12. The van der Waals surface area contributed by atoms with E-state index in [9.17, 15) is 5.26 Å². The zero-order valence-corrected chi connectivity index (χ0v) is 11.4. The maximum Gasteiger partial charge on any atom is 0.128 e. The van der Waals surface area contributed by atoms with Crippen molar-refractivity contribution in [3.63, 3.8) is 0 Å². The quantitative estimate of drug-likeness (QED) is 0.866. The molecule has 4 heteroatoms. The minimum atomic E-state index is 0.390. The van der Waals surface area contributed by atoms with Crippen LogP contribution in [0, 0.1) is 18.3 Å². The third-order valence-electron chi connectivity index (χ3n) is 2.98. The van der Waals surface area contributed by atoms with Gasteiger partial charge in [-0.25, -0.2) is 0 Å². The van der Waals surface area contributed by atoms with Crippen molar-refractivity contribution in [2.75, 3.05) is 7.11 Å². The average molecular weight is 265 g/mol. The molecule has 0 aliphatic carbocycles. The molecule has 100 valence electrons. The third kappa shape index (κ3) is 2.62. The van der Waals surface area contributed by atoms with Gasteiger partial charge in [0, 0.05) is 23.5 Å². The Morgan fingerprint density at radius 3 is 2.75 bits per heavy atom. The minimum absolute atomic E-state index is 0.390. The van der Waals surface area contributed by atoms with Crippen LogP contribution in [-0.2, 0) is 0 Å². The van der Waals surface area contributed by atoms with Gasteiger partial charge in [0.2, 0.25) is 0 Å². The Bertz CT molecular complexity index is 685. The van der Waals surface area contributed by atoms with E-state index >= 15 is 0 Å². The molecule has 0 saturated heterocycles. The number of nitrogens with zero attached hydrogens (tertiary/aromatic N) is 2. The summed E-state index contributed by atoms with van der Waals surface area (Å²) < 4.78 is 5.31. The normalized spacial score (nSPS) is 11.4. The second-order valence-corrected chi connectivity index (χ2v) is 4.35. The van der Waals surface area contributed by atoms with Gasteiger partial charge in [-0.2, -0.15) is 5.26 Å². The number of rotatable bonds is 3. The van der Waals surface area contributed by atoms with E-state index in [4.69, 9.17) is 10.5 Å². The lowest BCUT2D eigenvalue weighted by Gasteiger charge is -2.11. The molecule has 20 heavy (non-hydrogen) atoms. The number of allylic oxidation sites excluding steroid dienone is 1. The molecule has 0 bridgehead atoms. The monoisotopic (exact) mass is 265 g/mol. The van der Waals surface area contributed by atoms with Gasteiger partial charge < -0.3 is 10.5 Å². The molecule has 2 N–H and O–H groups in total. The molecule has 0 aliphatic rings. The van der Waals surface area contributed by atoms with Crippen molar-refractivity contribution in [3.8, 4) is 11.8 Å². The summed E-state index contributed by atoms with van der Waals surface area (Å²) in [4.78, 5) is 4.02. The van der Waals surface area contributed by atoms with E-state index in [2.05, 4.69) is 11.1 Å². The van der Waals surface area contributed by atoms with Crippen molar-refractivity contribution in [1.82, 2.24) is 4.98 Å². The van der Waals surface area contributed by atoms with E-state index in [1.54, 1.807) is 31.6 Å². The number of aromatic nitrogens is 1. The summed E-state index contributed by atoms with van der Waals surface area (Å²) in [7, 11) is 1.58. The Labute approximate surface area is 118 Å². The van der Waals surface area contributed by atoms with Crippen LogP contribution in [0.3, 0.4) is 0 Å². The van der Waals surface area contributed by atoms with Gasteiger partial charge in [0.15, 0.2) is 0 Å². The number of nitriles is 1. The van der Waals surface area contributed by atoms with E-state index in [0.29, 0.717) is 28.1 Å². The zero-order chi connectivity index (χ0) is 14.5. The van der Waals surface area contributed by atoms with Crippen LogP contribution < -0.4 is 10.5 Å². The predicted molar refractivity (Wildman–Crippen MR) is 78.6 cm³/mol. The summed E-state index contributed by atoms with van der Waals surface area (Å²) in [5.41, 5.74) is 9.41. The van der Waals surface area contributed by atoms with Crippen molar-refractivity contribution >= 4 is 11.3 Å². The van der Waals surface area contributed by atoms with Gasteiger partial charge in [-0.3, -0.25) is 4.98 Å². The Morgan fingerprint density at radius 2 is 2.15 bits per heavy atom. The van der Waals surface area contributed by atoms with Crippen LogP contribution in [0.4, 0.5) is 0 Å². The summed E-state index contributed by atoms with van der Waals surface area (Å²) in [6.07, 6.45) is 3.27. The molecule has 0 atom stereocenters. The first-order chi connectivity index (χ1) is 9.67. The number of benzene rings is 1. The molecule has 0 saturated carbocycles. The molecule has 0 radical (unpaired) electrons. The smallest absolute Gasteiger partial charge is 0.128 e. The lowest BCUT2D eigenvalue weighted by molar-refractivity contribution is 0.413. The maximum atomic E-state index is 9.39. The van der Waals surface area contributed by atoms with Gasteiger partial charge in [-0.05, 0) is 25.1 Å². The molecule has 1 aromatic heterocycles. The summed E-state index contributed by atoms with van der Waals surface area (Å²) in [5.74, 6) is 0.643. The topological polar surface area (TPSA) is 71.9 Å². The van der Waals surface area contributed by atoms with Gasteiger partial charge in [0.1, 0.15) is 11.8 Å². The molecule has 0 fully saturated rings. The molecule has 0 aliphatic heterocycles. The molecule has 0 spiro atoms. The highest BCUT2D eigenvalue weighted by molar-refractivity contribution is 5.97. The molecule has 2 rings (SSSR count). The minimum Gasteiger partial charge on any atom is -0.496 e. The SMILES string of the molecule is COc1ccc(C)cc1/C(N)=C(/C#N)c1cccnc1. The standard InChI is InChI=1S/C16H15N3O/c1-11-5-6-15(20-2)13(8-11)16(18)14(9-17)12-4-3-7-19-10-12/h3-8,10H,18H2,1-2H3/b16-14+. The number of ether oxygens (including phenoxy) is 1. The first kappa shape index (κ1) is 13.6. The zero-order valence-electron chi connectivity index (χ0n) is 11.4. The van der Waals surface area contributed by atoms with Crippen LogP contribution in [0.15, 0.2) is 42.7 Å². The maximum absolute atomic E-state index is 9.39. The number of aryl methyl sites for hydroxylation is 1. The van der Waals surface area contributed by atoms with E-state index < -0.39 is 0 Å². The van der Waals surface area contributed by atoms with Crippen molar-refractivity contribution in [2.45, 2.75) is 6.92 Å². The van der Waals surface area contributed by atoms with Crippen LogP contribution in [-0.4, -0.2) is 12.1 Å². The molecule has 0 amide bonds. The summed E-state index contributed by atoms with van der Waals surface area (Å²) >= 11 is 0. The van der Waals surface area contributed by atoms with Crippen LogP contribution in [0.5, 0.6) is 5.75 Å². The van der Waals surface area contributed by atoms with E-state index in [1.807, 2.05) is 25.1 Å². The van der Waals surface area contributed by atoms with Gasteiger partial charge in [-0.15, -0.1) is 0 Å². The van der Waals surface area contributed by atoms with Crippen molar-refractivity contribution in [2.24, 2.45) is 5.73 Å². The molecule has 1 heterocycles. The second kappa shape index (κ2) is 5.89. The Balaban J connectivity index is 2.64. The number of nitrogens with two attached hydrogens (primary N) is 1. The van der Waals surface area contributed by atoms with Crippen LogP contribution in [0.2, 0.25) is 0 Å². The Hall–Kier alpha value is -2.80. The number of hydrogen-bond acceptors (Lipinski definition) is 4. The highest BCUT2D eigenvalue weighted by Crippen LogP contribution is 2.29. The Morgan fingerprint density at radius 1 is 1.35 bits per heavy atom. The van der Waals surface area contributed by atoms with Crippen molar-refractivity contribution < 1.29 is 4.74 Å². The van der Waals surface area contributed by atoms with Crippen LogP contribution >= 0.6 is 0 Å². The van der Waals surface area contributed by atoms with E-state index in [1.165, 1.54) is 0 Å². The van der Waals surface area contributed by atoms with Gasteiger partial charge in [-0.1, -0.05) is 17.7 Å². The fourth-order valence-corrected chi connectivity index (χ4v) is 1.96. The van der Waals surface area contributed by atoms with Gasteiger partial charge in [0.05, 0.1) is 18.4 Å². The molecule has 0 unspecified atom stereocenters. The number of methoxy groups -OCH3 is 1. The highest BCUT2D eigenvalue weighted by Gasteiger charge is 2.13. The van der Waals surface area contributed by atoms with E-state index in [0.717, 1.165) is 5.56 Å². The summed E-state index contributed by atoms with van der Waals surface area (Å²) in [6.45, 7) is 1.96. The second-order valence-electron chi connectivity index (χ2n) is 4.35. The molecular formula is C16H15N3O. The third-order valence-corrected chi connectivity index (χ3v) is 2.98. The highest BCUT2D eigenvalue weighted by atomic mass is 16.5. The summed E-state index contributed by atoms with van der Waals surface area (Å²) in [5, 5.41) is 9.39. The van der Waals surface area contributed by atoms with Crippen LogP contribution in [0.25, 0.3) is 11.3 Å². The molecular weight excluding hydrogens is 250 g/mol. The van der Waals surface area contributed by atoms with Crippen molar-refractivity contribution in [3.05, 3.63) is 59.4 Å². The number of pyridine rings is 1. The molecule has 2 aromatic rings. The average Bonchev–Trinajstić information content (AvgIpc) is 2.49. The van der Waals surface area contributed by atoms with Crippen LogP contribution in [0.1, 0.15) is 16.7 Å². The predicted octanol–water partition coefficient (Wildman–Crippen LogP) is 2.75. The fraction of sp³-hybridized carbons (Fsp3) is 0.125. The number of hydrogen-bond donors (Lipinski definition) is 1. The Kier molecular flexibility index (Phi) is 4.02. The largest absolute Gasteiger partial charge is 0.496 e. The fourth-order valence-electron chi connectivity index (χ4n) is 1.96. The lowest BCUT2D eigenvalue weighted by Crippen LogP contribution is -2.03. The lowest BCUT2D eigenvalue weighted by atomic mass is 10.0. The molecule has 4 nitrogen and oxygen atoms in total. The van der Waals surface area contributed by atoms with Crippen molar-refractivity contribution in [1.29, 1.82) is 5.26 Å². The van der Waals surface area contributed by atoms with E-state index in [-0.39, 0.29) is 0 Å². The van der Waals surface area contributed by atoms with Gasteiger partial charge in [0.25, 0.3) is 0 Å². The first-order valence-corrected chi connectivity index (χ1v) is 6.12.